The molecule has 0 N–H and O–H groups in total. The van der Waals surface area contributed by atoms with E-state index < -0.39 is 11.9 Å². The molecule has 0 aliphatic heterocycles. The van der Waals surface area contributed by atoms with Crippen molar-refractivity contribution in [3.8, 4) is 0 Å². The van der Waals surface area contributed by atoms with Crippen LogP contribution in [-0.4, -0.2) is 11.9 Å². The van der Waals surface area contributed by atoms with E-state index in [9.17, 15) is 19.8 Å². The number of carboxylic acids is 2. The molecule has 0 bridgehead atoms. The van der Waals surface area contributed by atoms with Crippen molar-refractivity contribution in [1.29, 1.82) is 0 Å². The Bertz CT molecular complexity index is 180. The molecule has 0 heterocycles. The van der Waals surface area contributed by atoms with Crippen molar-refractivity contribution in [1.82, 2.24) is 0 Å². The van der Waals surface area contributed by atoms with Crippen LogP contribution in [0, 0.1) is 0 Å². The molecular formula is C6H6O4-2. The lowest BCUT2D eigenvalue weighted by Gasteiger charge is -2.01. The molecule has 4 nitrogen and oxygen atoms in total. The summed E-state index contributed by atoms with van der Waals surface area (Å²) in [6.07, 6.45) is 0.643. The lowest BCUT2D eigenvalue weighted by molar-refractivity contribution is -0.304. The Morgan fingerprint density at radius 2 is 1.90 bits per heavy atom. The maximum absolute atomic E-state index is 9.92. The fourth-order valence-corrected chi connectivity index (χ4v) is 0.320. The predicted octanol–water partition coefficient (Wildman–Crippen LogP) is -2.18. The summed E-state index contributed by atoms with van der Waals surface area (Å²) < 4.78 is 0. The molecule has 0 fully saturated rings. The summed E-state index contributed by atoms with van der Waals surface area (Å²) in [6.45, 7) is 1.26. The molecule has 0 atom stereocenters. The van der Waals surface area contributed by atoms with Gasteiger partial charge < -0.3 is 19.8 Å². The topological polar surface area (TPSA) is 80.3 Å². The first-order valence-electron chi connectivity index (χ1n) is 2.62. The summed E-state index contributed by atoms with van der Waals surface area (Å²) in [5.41, 5.74) is -0.0933. The number of rotatable bonds is 3. The maximum atomic E-state index is 9.92. The number of aliphatic carboxylic acids is 2. The van der Waals surface area contributed by atoms with E-state index in [0.29, 0.717) is 0 Å². The Balaban J connectivity index is 3.92. The molecule has 56 valence electrons. The van der Waals surface area contributed by atoms with E-state index >= 15 is 0 Å². The summed E-state index contributed by atoms with van der Waals surface area (Å²) in [5, 5.41) is 19.7. The number of hydrogen-bond acceptors (Lipinski definition) is 4. The van der Waals surface area contributed by atoms with Gasteiger partial charge >= 0.3 is 0 Å². The molecule has 10 heavy (non-hydrogen) atoms. The molecule has 0 aromatic carbocycles. The second-order valence-electron chi connectivity index (χ2n) is 1.75. The second-order valence-corrected chi connectivity index (χ2v) is 1.75. The first kappa shape index (κ1) is 8.68. The van der Waals surface area contributed by atoms with E-state index in [1.54, 1.807) is 0 Å². The van der Waals surface area contributed by atoms with Gasteiger partial charge in [0.2, 0.25) is 0 Å². The van der Waals surface area contributed by atoms with Crippen molar-refractivity contribution >= 4 is 11.9 Å². The number of carbonyl (C=O) groups excluding carboxylic acids is 2. The largest absolute Gasteiger partial charge is 0.550 e. The average molecular weight is 142 g/mol. The van der Waals surface area contributed by atoms with Gasteiger partial charge in [-0.25, -0.2) is 0 Å². The van der Waals surface area contributed by atoms with Gasteiger partial charge in [0.1, 0.15) is 0 Å². The molecule has 0 aliphatic carbocycles. The zero-order valence-corrected chi connectivity index (χ0v) is 5.42. The highest BCUT2D eigenvalue weighted by Gasteiger charge is 1.87. The van der Waals surface area contributed by atoms with Crippen LogP contribution >= 0.6 is 0 Å². The molecule has 0 saturated carbocycles. The van der Waals surface area contributed by atoms with Gasteiger partial charge in [0.25, 0.3) is 0 Å². The Kier molecular flexibility index (Phi) is 3.17. The van der Waals surface area contributed by atoms with E-state index in [4.69, 9.17) is 0 Å². The van der Waals surface area contributed by atoms with Crippen molar-refractivity contribution in [2.75, 3.05) is 0 Å². The van der Waals surface area contributed by atoms with Crippen LogP contribution in [-0.2, 0) is 9.59 Å². The molecule has 0 amide bonds. The monoisotopic (exact) mass is 142 g/mol. The fourth-order valence-electron chi connectivity index (χ4n) is 0.320. The van der Waals surface area contributed by atoms with Crippen molar-refractivity contribution in [3.63, 3.8) is 0 Å². The van der Waals surface area contributed by atoms with Gasteiger partial charge in [-0.3, -0.25) is 0 Å². The average Bonchev–Trinajstić information content (AvgIpc) is 1.82. The molecule has 0 aliphatic rings. The minimum absolute atomic E-state index is 0.0933. The maximum Gasteiger partial charge on any atom is 0.0668 e. The summed E-state index contributed by atoms with van der Waals surface area (Å²) in [5.74, 6) is -2.66. The highest BCUT2D eigenvalue weighted by Crippen LogP contribution is 1.91. The van der Waals surface area contributed by atoms with Crippen molar-refractivity contribution < 1.29 is 19.8 Å². The first-order chi connectivity index (χ1) is 4.54. The normalized spacial score (nSPS) is 11.1. The lowest BCUT2D eigenvalue weighted by Crippen LogP contribution is -2.24. The Morgan fingerprint density at radius 1 is 1.40 bits per heavy atom. The highest BCUT2D eigenvalue weighted by atomic mass is 16.4. The second kappa shape index (κ2) is 3.66. The number of carboxylic acid groups (broad SMARTS) is 2. The van der Waals surface area contributed by atoms with Gasteiger partial charge in [-0.05, 0) is 12.5 Å². The zero-order chi connectivity index (χ0) is 8.15. The third-order valence-electron chi connectivity index (χ3n) is 0.897. The summed E-state index contributed by atoms with van der Waals surface area (Å²) >= 11 is 0. The summed E-state index contributed by atoms with van der Waals surface area (Å²) in [6, 6.07) is 0. The predicted molar refractivity (Wildman–Crippen MR) is 28.4 cm³/mol. The van der Waals surface area contributed by atoms with E-state index in [2.05, 4.69) is 0 Å². The SMILES string of the molecule is C/C(=C/CC(=O)[O-])C(=O)[O-]. The number of carbonyl (C=O) groups is 2. The Morgan fingerprint density at radius 3 is 2.20 bits per heavy atom. The molecule has 0 unspecified atom stereocenters. The standard InChI is InChI=1S/C6H8O4/c1-4(6(9)10)2-3-5(7)8/h2H,3H2,1H3,(H,7,8)(H,9,10)/p-2/b4-2-. The Hall–Kier alpha value is -1.32. The third-order valence-corrected chi connectivity index (χ3v) is 0.897. The van der Waals surface area contributed by atoms with Crippen LogP contribution < -0.4 is 10.2 Å². The van der Waals surface area contributed by atoms with Gasteiger partial charge in [-0.1, -0.05) is 6.08 Å². The van der Waals surface area contributed by atoms with Crippen molar-refractivity contribution in [3.05, 3.63) is 11.6 Å². The van der Waals surface area contributed by atoms with Crippen LogP contribution in [0.15, 0.2) is 11.6 Å². The van der Waals surface area contributed by atoms with E-state index in [1.165, 1.54) is 6.92 Å². The third kappa shape index (κ3) is 3.65. The van der Waals surface area contributed by atoms with Crippen molar-refractivity contribution in [2.45, 2.75) is 13.3 Å². The van der Waals surface area contributed by atoms with E-state index in [-0.39, 0.29) is 12.0 Å². The molecule has 0 radical (unpaired) electrons. The lowest BCUT2D eigenvalue weighted by atomic mass is 10.2. The van der Waals surface area contributed by atoms with Gasteiger partial charge in [0.05, 0.1) is 5.97 Å². The zero-order valence-electron chi connectivity index (χ0n) is 5.42. The highest BCUT2D eigenvalue weighted by molar-refractivity contribution is 5.84. The van der Waals surface area contributed by atoms with Gasteiger partial charge in [-0.2, -0.15) is 0 Å². The molecule has 0 spiro atoms. The molecule has 0 rings (SSSR count). The van der Waals surface area contributed by atoms with Crippen LogP contribution in [0.2, 0.25) is 0 Å². The van der Waals surface area contributed by atoms with E-state index in [1.807, 2.05) is 0 Å². The van der Waals surface area contributed by atoms with Gasteiger partial charge in [0.15, 0.2) is 0 Å². The van der Waals surface area contributed by atoms with Crippen LogP contribution in [0.5, 0.6) is 0 Å². The molecule has 0 aromatic heterocycles. The fraction of sp³-hybridized carbons (Fsp3) is 0.333. The number of hydrogen-bond donors (Lipinski definition) is 0. The van der Waals surface area contributed by atoms with Gasteiger partial charge in [-0.15, -0.1) is 0 Å². The first-order valence-corrected chi connectivity index (χ1v) is 2.62. The van der Waals surface area contributed by atoms with Crippen LogP contribution in [0.25, 0.3) is 0 Å². The minimum Gasteiger partial charge on any atom is -0.550 e. The molecule has 4 heteroatoms. The smallest absolute Gasteiger partial charge is 0.0668 e. The Labute approximate surface area is 57.8 Å². The molecule has 0 saturated heterocycles. The summed E-state index contributed by atoms with van der Waals surface area (Å²) in [4.78, 5) is 19.7. The van der Waals surface area contributed by atoms with Crippen LogP contribution in [0.1, 0.15) is 13.3 Å². The molecule has 0 aromatic rings. The van der Waals surface area contributed by atoms with E-state index in [0.717, 1.165) is 6.08 Å². The van der Waals surface area contributed by atoms with Crippen molar-refractivity contribution in [2.24, 2.45) is 0 Å². The minimum atomic E-state index is -1.36. The summed E-state index contributed by atoms with van der Waals surface area (Å²) in [7, 11) is 0. The molecular weight excluding hydrogens is 136 g/mol. The quantitative estimate of drug-likeness (QED) is 0.420. The van der Waals surface area contributed by atoms with Gasteiger partial charge in [0, 0.05) is 12.4 Å². The van der Waals surface area contributed by atoms with Crippen LogP contribution in [0.4, 0.5) is 0 Å². The van der Waals surface area contributed by atoms with Crippen LogP contribution in [0.3, 0.4) is 0 Å².